The summed E-state index contributed by atoms with van der Waals surface area (Å²) in [5.74, 6) is -0.637. The molecule has 2 aromatic carbocycles. The van der Waals surface area contributed by atoms with Crippen LogP contribution < -0.4 is 14.4 Å². The Hall–Kier alpha value is -3.46. The number of ether oxygens (including phenoxy) is 1. The van der Waals surface area contributed by atoms with E-state index in [1.54, 1.807) is 0 Å². The average molecular weight is 427 g/mol. The van der Waals surface area contributed by atoms with Gasteiger partial charge in [-0.25, -0.2) is 17.8 Å². The molecule has 0 unspecified atom stereocenters. The normalized spacial score (nSPS) is 13.3. The van der Waals surface area contributed by atoms with Crippen LogP contribution >= 0.6 is 0 Å². The monoisotopic (exact) mass is 427 g/mol. The van der Waals surface area contributed by atoms with E-state index >= 15 is 0 Å². The predicted octanol–water partition coefficient (Wildman–Crippen LogP) is 2.99. The van der Waals surface area contributed by atoms with Crippen molar-refractivity contribution in [2.24, 2.45) is 0 Å². The lowest BCUT2D eigenvalue weighted by Gasteiger charge is -2.30. The van der Waals surface area contributed by atoms with Crippen molar-refractivity contribution >= 4 is 27.3 Å². The van der Waals surface area contributed by atoms with Crippen molar-refractivity contribution in [2.45, 2.75) is 11.3 Å². The third-order valence-electron chi connectivity index (χ3n) is 4.53. The summed E-state index contributed by atoms with van der Waals surface area (Å²) in [7, 11) is -3.95. The SMILES string of the molecule is O=C(Cc1ccccc1)Nc1cnc2c(c1)N(S(=O)(=O)c1ccc(F)cc1)CCO2. The van der Waals surface area contributed by atoms with Gasteiger partial charge in [0.15, 0.2) is 0 Å². The first-order valence-electron chi connectivity index (χ1n) is 9.18. The van der Waals surface area contributed by atoms with Crippen LogP contribution in [0.2, 0.25) is 0 Å². The van der Waals surface area contributed by atoms with Gasteiger partial charge in [0.05, 0.1) is 29.7 Å². The molecule has 9 heteroatoms. The number of amides is 1. The lowest BCUT2D eigenvalue weighted by Crippen LogP contribution is -2.38. The molecular weight excluding hydrogens is 409 g/mol. The highest BCUT2D eigenvalue weighted by molar-refractivity contribution is 7.92. The van der Waals surface area contributed by atoms with Crippen molar-refractivity contribution in [3.63, 3.8) is 0 Å². The minimum Gasteiger partial charge on any atom is -0.474 e. The highest BCUT2D eigenvalue weighted by Gasteiger charge is 2.31. The second-order valence-electron chi connectivity index (χ2n) is 6.64. The van der Waals surface area contributed by atoms with Gasteiger partial charge in [-0.2, -0.15) is 0 Å². The molecule has 0 saturated carbocycles. The molecule has 30 heavy (non-hydrogen) atoms. The van der Waals surface area contributed by atoms with E-state index in [0.29, 0.717) is 5.69 Å². The molecule has 2 heterocycles. The van der Waals surface area contributed by atoms with Gasteiger partial charge in [-0.15, -0.1) is 0 Å². The van der Waals surface area contributed by atoms with Crippen LogP contribution in [0.5, 0.6) is 5.88 Å². The van der Waals surface area contributed by atoms with Crippen molar-refractivity contribution in [3.05, 3.63) is 78.2 Å². The third-order valence-corrected chi connectivity index (χ3v) is 6.35. The van der Waals surface area contributed by atoms with Crippen LogP contribution in [0.15, 0.2) is 71.8 Å². The lowest BCUT2D eigenvalue weighted by atomic mass is 10.1. The van der Waals surface area contributed by atoms with Crippen LogP contribution in [-0.4, -0.2) is 32.5 Å². The van der Waals surface area contributed by atoms with Gasteiger partial charge in [0.25, 0.3) is 10.0 Å². The number of carbonyl (C=O) groups is 1. The minimum atomic E-state index is -3.95. The zero-order chi connectivity index (χ0) is 21.1. The molecule has 0 fully saturated rings. The second kappa shape index (κ2) is 8.11. The Kier molecular flexibility index (Phi) is 5.37. The number of sulfonamides is 1. The number of hydrogen-bond donors (Lipinski definition) is 1. The lowest BCUT2D eigenvalue weighted by molar-refractivity contribution is -0.115. The van der Waals surface area contributed by atoms with Gasteiger partial charge in [0, 0.05) is 0 Å². The van der Waals surface area contributed by atoms with E-state index in [1.807, 2.05) is 30.3 Å². The fourth-order valence-corrected chi connectivity index (χ4v) is 4.55. The molecule has 1 aromatic heterocycles. The van der Waals surface area contributed by atoms with E-state index in [1.165, 1.54) is 24.4 Å². The number of pyridine rings is 1. The Balaban J connectivity index is 1.60. The van der Waals surface area contributed by atoms with Crippen LogP contribution in [0.3, 0.4) is 0 Å². The Labute approximate surface area is 173 Å². The number of hydrogen-bond acceptors (Lipinski definition) is 5. The number of benzene rings is 2. The van der Waals surface area contributed by atoms with E-state index in [4.69, 9.17) is 4.74 Å². The zero-order valence-corrected chi connectivity index (χ0v) is 16.6. The van der Waals surface area contributed by atoms with Gasteiger partial charge < -0.3 is 10.1 Å². The van der Waals surface area contributed by atoms with E-state index in [9.17, 15) is 17.6 Å². The fraction of sp³-hybridized carbons (Fsp3) is 0.143. The summed E-state index contributed by atoms with van der Waals surface area (Å²) in [6, 6.07) is 15.3. The quantitative estimate of drug-likeness (QED) is 0.676. The number of rotatable bonds is 5. The molecule has 1 amide bonds. The maximum Gasteiger partial charge on any atom is 0.264 e. The number of carbonyl (C=O) groups excluding carboxylic acids is 1. The van der Waals surface area contributed by atoms with Crippen molar-refractivity contribution in [2.75, 3.05) is 22.8 Å². The molecule has 0 radical (unpaired) electrons. The average Bonchev–Trinajstić information content (AvgIpc) is 2.74. The summed E-state index contributed by atoms with van der Waals surface area (Å²) in [5.41, 5.74) is 1.41. The maximum absolute atomic E-state index is 13.2. The molecule has 1 aliphatic heterocycles. The molecule has 0 spiro atoms. The molecule has 0 saturated heterocycles. The van der Waals surface area contributed by atoms with Gasteiger partial charge in [-0.3, -0.25) is 9.10 Å². The molecular formula is C21H18FN3O4S. The van der Waals surface area contributed by atoms with E-state index < -0.39 is 15.8 Å². The van der Waals surface area contributed by atoms with Gasteiger partial charge in [0.1, 0.15) is 18.1 Å². The first-order valence-corrected chi connectivity index (χ1v) is 10.6. The molecule has 0 bridgehead atoms. The molecule has 1 aliphatic rings. The molecule has 4 rings (SSSR count). The number of nitrogens with one attached hydrogen (secondary N) is 1. The largest absolute Gasteiger partial charge is 0.474 e. The van der Waals surface area contributed by atoms with Gasteiger partial charge in [0.2, 0.25) is 11.8 Å². The van der Waals surface area contributed by atoms with Crippen molar-refractivity contribution in [3.8, 4) is 5.88 Å². The third kappa shape index (κ3) is 4.11. The van der Waals surface area contributed by atoms with Crippen molar-refractivity contribution in [1.29, 1.82) is 0 Å². The number of aromatic nitrogens is 1. The zero-order valence-electron chi connectivity index (χ0n) is 15.8. The molecule has 7 nitrogen and oxygen atoms in total. The van der Waals surface area contributed by atoms with Crippen molar-refractivity contribution in [1.82, 2.24) is 4.98 Å². The second-order valence-corrected chi connectivity index (χ2v) is 8.50. The Morgan fingerprint density at radius 1 is 1.13 bits per heavy atom. The molecule has 1 N–H and O–H groups in total. The van der Waals surface area contributed by atoms with E-state index in [2.05, 4.69) is 10.3 Å². The maximum atomic E-state index is 13.2. The van der Waals surface area contributed by atoms with Crippen LogP contribution in [0, 0.1) is 5.82 Å². The molecule has 0 atom stereocenters. The summed E-state index contributed by atoms with van der Waals surface area (Å²) in [4.78, 5) is 16.4. The first kappa shape index (κ1) is 19.8. The van der Waals surface area contributed by atoms with E-state index in [0.717, 1.165) is 22.0 Å². The molecule has 154 valence electrons. The van der Waals surface area contributed by atoms with Crippen LogP contribution in [0.4, 0.5) is 15.8 Å². The topological polar surface area (TPSA) is 88.6 Å². The molecule has 0 aliphatic carbocycles. The summed E-state index contributed by atoms with van der Waals surface area (Å²) >= 11 is 0. The summed E-state index contributed by atoms with van der Waals surface area (Å²) in [6.07, 6.45) is 1.59. The summed E-state index contributed by atoms with van der Waals surface area (Å²) in [6.45, 7) is 0.190. The summed E-state index contributed by atoms with van der Waals surface area (Å²) < 4.78 is 46.0. The Morgan fingerprint density at radius 3 is 2.60 bits per heavy atom. The van der Waals surface area contributed by atoms with E-state index in [-0.39, 0.29) is 41.9 Å². The van der Waals surface area contributed by atoms with Crippen molar-refractivity contribution < 1.29 is 22.3 Å². The molecule has 3 aromatic rings. The first-order chi connectivity index (χ1) is 14.4. The Bertz CT molecular complexity index is 1170. The number of anilines is 2. The minimum absolute atomic E-state index is 0.0460. The van der Waals surface area contributed by atoms with Gasteiger partial charge >= 0.3 is 0 Å². The number of halogens is 1. The van der Waals surface area contributed by atoms with Gasteiger partial charge in [-0.1, -0.05) is 30.3 Å². The summed E-state index contributed by atoms with van der Waals surface area (Å²) in [5, 5.41) is 2.73. The van der Waals surface area contributed by atoms with Crippen LogP contribution in [0.25, 0.3) is 0 Å². The number of fused-ring (bicyclic) bond motifs is 1. The predicted molar refractivity (Wildman–Crippen MR) is 109 cm³/mol. The highest BCUT2D eigenvalue weighted by Crippen LogP contribution is 2.35. The van der Waals surface area contributed by atoms with Crippen LogP contribution in [-0.2, 0) is 21.2 Å². The standard InChI is InChI=1S/C21H18FN3O4S/c22-16-6-8-18(9-7-16)30(27,28)25-10-11-29-21-19(25)13-17(14-23-21)24-20(26)12-15-4-2-1-3-5-15/h1-9,13-14H,10-12H2,(H,24,26). The fourth-order valence-electron chi connectivity index (χ4n) is 3.11. The van der Waals surface area contributed by atoms with Gasteiger partial charge in [-0.05, 0) is 35.9 Å². The number of nitrogens with zero attached hydrogens (tertiary/aromatic N) is 2. The van der Waals surface area contributed by atoms with Crippen LogP contribution in [0.1, 0.15) is 5.56 Å². The highest BCUT2D eigenvalue weighted by atomic mass is 32.2. The Morgan fingerprint density at radius 2 is 1.87 bits per heavy atom. The smallest absolute Gasteiger partial charge is 0.264 e.